The monoisotopic (exact) mass is 189 g/mol. The average molecular weight is 189 g/mol. The summed E-state index contributed by atoms with van der Waals surface area (Å²) in [4.78, 5) is 4.10. The number of guanidine groups is 1. The summed E-state index contributed by atoms with van der Waals surface area (Å²) >= 11 is 0. The molecule has 0 radical (unpaired) electrons. The van der Waals surface area contributed by atoms with E-state index in [1.807, 2.05) is 37.3 Å². The first-order valence-corrected chi connectivity index (χ1v) is 4.45. The van der Waals surface area contributed by atoms with Gasteiger partial charge in [0.15, 0.2) is 5.96 Å². The molecule has 0 saturated carbocycles. The minimum atomic E-state index is 0.416. The van der Waals surface area contributed by atoms with E-state index in [9.17, 15) is 0 Å². The molecule has 0 fully saturated rings. The van der Waals surface area contributed by atoms with Gasteiger partial charge in [-0.05, 0) is 19.1 Å². The van der Waals surface area contributed by atoms with Crippen molar-refractivity contribution < 1.29 is 0 Å². The first-order chi connectivity index (χ1) is 6.68. The summed E-state index contributed by atoms with van der Waals surface area (Å²) in [6, 6.07) is 9.70. The number of nitrogens with two attached hydrogens (primary N) is 1. The summed E-state index contributed by atoms with van der Waals surface area (Å²) in [7, 11) is 0. The molecule has 0 amide bonds. The molecule has 0 aromatic heterocycles. The van der Waals surface area contributed by atoms with Crippen molar-refractivity contribution in [3.8, 4) is 0 Å². The lowest BCUT2D eigenvalue weighted by atomic mass is 10.3. The van der Waals surface area contributed by atoms with Crippen LogP contribution in [0.3, 0.4) is 0 Å². The van der Waals surface area contributed by atoms with Gasteiger partial charge in [0.2, 0.25) is 0 Å². The molecule has 0 heterocycles. The van der Waals surface area contributed by atoms with Crippen molar-refractivity contribution in [2.45, 2.75) is 6.92 Å². The normalized spacial score (nSPS) is 11.1. The standard InChI is InChI=1S/C11H15N3/c1-9(2)8-13-11(12)14-10-6-4-3-5-7-10/h3-7H,1,8H2,2H3,(H3,12,13,14). The summed E-state index contributed by atoms with van der Waals surface area (Å²) in [6.07, 6.45) is 0. The van der Waals surface area contributed by atoms with E-state index >= 15 is 0 Å². The highest BCUT2D eigenvalue weighted by Crippen LogP contribution is 2.03. The molecule has 3 heteroatoms. The molecule has 0 atom stereocenters. The number of nitrogens with zero attached hydrogens (tertiary/aromatic N) is 1. The van der Waals surface area contributed by atoms with Crippen molar-refractivity contribution in [1.29, 1.82) is 0 Å². The van der Waals surface area contributed by atoms with E-state index in [4.69, 9.17) is 5.73 Å². The Morgan fingerprint density at radius 1 is 1.43 bits per heavy atom. The second kappa shape index (κ2) is 5.07. The summed E-state index contributed by atoms with van der Waals surface area (Å²) in [6.45, 7) is 6.22. The zero-order valence-corrected chi connectivity index (χ0v) is 8.33. The molecule has 3 N–H and O–H groups in total. The van der Waals surface area contributed by atoms with E-state index in [2.05, 4.69) is 16.9 Å². The van der Waals surface area contributed by atoms with Gasteiger partial charge in [0.1, 0.15) is 0 Å². The molecule has 0 aliphatic rings. The summed E-state index contributed by atoms with van der Waals surface area (Å²) in [5, 5.41) is 2.98. The zero-order chi connectivity index (χ0) is 10.4. The Kier molecular flexibility index (Phi) is 3.73. The number of benzene rings is 1. The number of para-hydroxylation sites is 1. The van der Waals surface area contributed by atoms with Gasteiger partial charge in [0.25, 0.3) is 0 Å². The van der Waals surface area contributed by atoms with Gasteiger partial charge in [-0.3, -0.25) is 0 Å². The first-order valence-electron chi connectivity index (χ1n) is 4.45. The molecular weight excluding hydrogens is 174 g/mol. The highest BCUT2D eigenvalue weighted by molar-refractivity contribution is 5.92. The van der Waals surface area contributed by atoms with Crippen molar-refractivity contribution in [2.75, 3.05) is 11.9 Å². The molecule has 0 aliphatic heterocycles. The molecule has 3 nitrogen and oxygen atoms in total. The van der Waals surface area contributed by atoms with Gasteiger partial charge in [0, 0.05) is 5.69 Å². The third-order valence-electron chi connectivity index (χ3n) is 1.57. The van der Waals surface area contributed by atoms with E-state index in [-0.39, 0.29) is 0 Å². The Bertz CT molecular complexity index is 328. The van der Waals surface area contributed by atoms with E-state index in [1.165, 1.54) is 0 Å². The highest BCUT2D eigenvalue weighted by Gasteiger charge is 1.92. The summed E-state index contributed by atoms with van der Waals surface area (Å²) in [5.74, 6) is 0.416. The maximum atomic E-state index is 5.65. The fraction of sp³-hybridized carbons (Fsp3) is 0.182. The van der Waals surface area contributed by atoms with Crippen LogP contribution < -0.4 is 11.1 Å². The predicted molar refractivity (Wildman–Crippen MR) is 61.4 cm³/mol. The van der Waals surface area contributed by atoms with Crippen LogP contribution >= 0.6 is 0 Å². The van der Waals surface area contributed by atoms with E-state index in [1.54, 1.807) is 0 Å². The van der Waals surface area contributed by atoms with Crippen LogP contribution in [0.15, 0.2) is 47.5 Å². The van der Waals surface area contributed by atoms with Crippen LogP contribution in [0.2, 0.25) is 0 Å². The topological polar surface area (TPSA) is 50.4 Å². The lowest BCUT2D eigenvalue weighted by Gasteiger charge is -2.04. The maximum Gasteiger partial charge on any atom is 0.193 e. The van der Waals surface area contributed by atoms with Crippen LogP contribution in [0.25, 0.3) is 0 Å². The van der Waals surface area contributed by atoms with Crippen LogP contribution in [-0.4, -0.2) is 12.5 Å². The second-order valence-corrected chi connectivity index (χ2v) is 3.15. The SMILES string of the molecule is C=C(C)CN=C(N)Nc1ccccc1. The summed E-state index contributed by atoms with van der Waals surface area (Å²) in [5.41, 5.74) is 7.58. The number of aliphatic imine (C=N–C) groups is 1. The van der Waals surface area contributed by atoms with E-state index in [0.29, 0.717) is 12.5 Å². The fourth-order valence-electron chi connectivity index (χ4n) is 0.929. The number of hydrogen-bond acceptors (Lipinski definition) is 1. The van der Waals surface area contributed by atoms with Gasteiger partial charge in [-0.25, -0.2) is 4.99 Å². The molecular formula is C11H15N3. The largest absolute Gasteiger partial charge is 0.370 e. The predicted octanol–water partition coefficient (Wildman–Crippen LogP) is 1.99. The Hall–Kier alpha value is -1.77. The summed E-state index contributed by atoms with van der Waals surface area (Å²) < 4.78 is 0. The highest BCUT2D eigenvalue weighted by atomic mass is 15.1. The van der Waals surface area contributed by atoms with Crippen LogP contribution in [-0.2, 0) is 0 Å². The molecule has 0 bridgehead atoms. The number of nitrogens with one attached hydrogen (secondary N) is 1. The molecule has 1 rings (SSSR count). The number of hydrogen-bond donors (Lipinski definition) is 2. The van der Waals surface area contributed by atoms with E-state index < -0.39 is 0 Å². The Labute approximate surface area is 84.4 Å². The quantitative estimate of drug-likeness (QED) is 0.434. The Balaban J connectivity index is 2.53. The molecule has 74 valence electrons. The second-order valence-electron chi connectivity index (χ2n) is 3.15. The van der Waals surface area contributed by atoms with Gasteiger partial charge in [-0.2, -0.15) is 0 Å². The van der Waals surface area contributed by atoms with Crippen LogP contribution in [0, 0.1) is 0 Å². The van der Waals surface area contributed by atoms with Gasteiger partial charge < -0.3 is 11.1 Å². The molecule has 0 aliphatic carbocycles. The molecule has 0 unspecified atom stereocenters. The first kappa shape index (κ1) is 10.3. The smallest absolute Gasteiger partial charge is 0.193 e. The molecule has 1 aromatic carbocycles. The van der Waals surface area contributed by atoms with Crippen molar-refractivity contribution >= 4 is 11.6 Å². The molecule has 14 heavy (non-hydrogen) atoms. The minimum Gasteiger partial charge on any atom is -0.370 e. The van der Waals surface area contributed by atoms with Crippen LogP contribution in [0.1, 0.15) is 6.92 Å². The zero-order valence-electron chi connectivity index (χ0n) is 8.33. The van der Waals surface area contributed by atoms with Gasteiger partial charge in [-0.1, -0.05) is 30.4 Å². The van der Waals surface area contributed by atoms with Gasteiger partial charge in [-0.15, -0.1) is 0 Å². The molecule has 1 aromatic rings. The Morgan fingerprint density at radius 3 is 2.64 bits per heavy atom. The molecule has 0 saturated heterocycles. The lowest BCUT2D eigenvalue weighted by Crippen LogP contribution is -2.22. The van der Waals surface area contributed by atoms with Crippen molar-refractivity contribution in [3.63, 3.8) is 0 Å². The van der Waals surface area contributed by atoms with E-state index in [0.717, 1.165) is 11.3 Å². The van der Waals surface area contributed by atoms with Crippen LogP contribution in [0.5, 0.6) is 0 Å². The van der Waals surface area contributed by atoms with Gasteiger partial charge >= 0.3 is 0 Å². The minimum absolute atomic E-state index is 0.416. The fourth-order valence-corrected chi connectivity index (χ4v) is 0.929. The maximum absolute atomic E-state index is 5.65. The molecule has 0 spiro atoms. The van der Waals surface area contributed by atoms with Crippen molar-refractivity contribution in [3.05, 3.63) is 42.5 Å². The number of anilines is 1. The van der Waals surface area contributed by atoms with Crippen molar-refractivity contribution in [2.24, 2.45) is 10.7 Å². The van der Waals surface area contributed by atoms with Gasteiger partial charge in [0.05, 0.1) is 6.54 Å². The Morgan fingerprint density at radius 2 is 2.07 bits per heavy atom. The lowest BCUT2D eigenvalue weighted by molar-refractivity contribution is 1.13. The average Bonchev–Trinajstić information content (AvgIpc) is 2.16. The van der Waals surface area contributed by atoms with Crippen LogP contribution in [0.4, 0.5) is 5.69 Å². The number of rotatable bonds is 3. The van der Waals surface area contributed by atoms with Crippen molar-refractivity contribution in [1.82, 2.24) is 0 Å². The third-order valence-corrected chi connectivity index (χ3v) is 1.57. The third kappa shape index (κ3) is 3.76.